The summed E-state index contributed by atoms with van der Waals surface area (Å²) in [5, 5.41) is 11.4. The van der Waals surface area contributed by atoms with E-state index in [4.69, 9.17) is 11.6 Å². The van der Waals surface area contributed by atoms with Crippen LogP contribution in [-0.4, -0.2) is 27.4 Å². The minimum Gasteiger partial charge on any atom is -0.350 e. The maximum atomic E-state index is 13.8. The highest BCUT2D eigenvalue weighted by Crippen LogP contribution is 2.16. The van der Waals surface area contributed by atoms with Crippen molar-refractivity contribution in [3.63, 3.8) is 0 Å². The topological polar surface area (TPSA) is 59.8 Å². The fraction of sp³-hybridized carbons (Fsp3) is 0.211. The van der Waals surface area contributed by atoms with Gasteiger partial charge in [0, 0.05) is 11.6 Å². The Bertz CT molecular complexity index is 937. The minimum atomic E-state index is -0.327. The third-order valence-electron chi connectivity index (χ3n) is 4.12. The van der Waals surface area contributed by atoms with Crippen LogP contribution in [0.3, 0.4) is 0 Å². The molecule has 3 aromatic rings. The molecule has 5 nitrogen and oxygen atoms in total. The number of benzene rings is 2. The molecule has 3 rings (SSSR count). The first kappa shape index (κ1) is 18.1. The highest BCUT2D eigenvalue weighted by Gasteiger charge is 2.17. The number of rotatable bonds is 5. The van der Waals surface area contributed by atoms with Gasteiger partial charge in [-0.25, -0.2) is 9.07 Å². The number of carbonyl (C=O) groups excluding carboxylic acids is 1. The van der Waals surface area contributed by atoms with Crippen LogP contribution in [0.1, 0.15) is 27.3 Å². The molecule has 0 unspecified atom stereocenters. The summed E-state index contributed by atoms with van der Waals surface area (Å²) < 4.78 is 15.2. The summed E-state index contributed by atoms with van der Waals surface area (Å²) in [6.07, 6.45) is 0.680. The fourth-order valence-corrected chi connectivity index (χ4v) is 2.68. The zero-order valence-electron chi connectivity index (χ0n) is 14.5. The van der Waals surface area contributed by atoms with E-state index in [0.717, 1.165) is 5.56 Å². The van der Waals surface area contributed by atoms with Gasteiger partial charge in [0.15, 0.2) is 5.69 Å². The number of hydrogen-bond acceptors (Lipinski definition) is 3. The fourth-order valence-electron chi connectivity index (χ4n) is 2.55. The average molecular weight is 373 g/mol. The second kappa shape index (κ2) is 7.66. The molecule has 1 heterocycles. The van der Waals surface area contributed by atoms with E-state index in [1.54, 1.807) is 26.0 Å². The van der Waals surface area contributed by atoms with Gasteiger partial charge >= 0.3 is 0 Å². The van der Waals surface area contributed by atoms with Gasteiger partial charge in [-0.2, -0.15) is 0 Å². The molecule has 2 aromatic carbocycles. The van der Waals surface area contributed by atoms with E-state index in [-0.39, 0.29) is 17.4 Å². The van der Waals surface area contributed by atoms with Crippen LogP contribution in [0.4, 0.5) is 4.39 Å². The van der Waals surface area contributed by atoms with E-state index >= 15 is 0 Å². The van der Waals surface area contributed by atoms with Crippen LogP contribution in [0.15, 0.2) is 42.5 Å². The van der Waals surface area contributed by atoms with Crippen molar-refractivity contribution in [3.05, 3.63) is 75.8 Å². The van der Waals surface area contributed by atoms with Crippen LogP contribution in [0.5, 0.6) is 0 Å². The van der Waals surface area contributed by atoms with Crippen molar-refractivity contribution in [2.24, 2.45) is 0 Å². The van der Waals surface area contributed by atoms with E-state index in [1.165, 1.54) is 10.7 Å². The molecule has 0 aliphatic carbocycles. The van der Waals surface area contributed by atoms with Gasteiger partial charge in [-0.15, -0.1) is 5.10 Å². The first-order chi connectivity index (χ1) is 12.5. The number of aryl methyl sites for hydroxylation is 1. The Labute approximate surface area is 155 Å². The van der Waals surface area contributed by atoms with Crippen LogP contribution in [-0.2, 0) is 6.42 Å². The first-order valence-corrected chi connectivity index (χ1v) is 8.55. The number of amides is 1. The summed E-state index contributed by atoms with van der Waals surface area (Å²) >= 11 is 5.85. The molecule has 0 saturated heterocycles. The lowest BCUT2D eigenvalue weighted by Gasteiger charge is -2.06. The van der Waals surface area contributed by atoms with Gasteiger partial charge in [-0.05, 0) is 55.7 Å². The maximum Gasteiger partial charge on any atom is 0.273 e. The zero-order valence-corrected chi connectivity index (χ0v) is 15.2. The minimum absolute atomic E-state index is 0.224. The van der Waals surface area contributed by atoms with Gasteiger partial charge in [0.05, 0.1) is 11.4 Å². The summed E-state index contributed by atoms with van der Waals surface area (Å²) in [4.78, 5) is 12.4. The van der Waals surface area contributed by atoms with Crippen molar-refractivity contribution in [1.29, 1.82) is 0 Å². The maximum absolute atomic E-state index is 13.8. The molecule has 26 heavy (non-hydrogen) atoms. The highest BCUT2D eigenvalue weighted by atomic mass is 35.5. The quantitative estimate of drug-likeness (QED) is 0.743. The average Bonchev–Trinajstić information content (AvgIpc) is 3.00. The van der Waals surface area contributed by atoms with Crippen molar-refractivity contribution in [2.45, 2.75) is 20.3 Å². The predicted molar refractivity (Wildman–Crippen MR) is 98.3 cm³/mol. The number of nitrogens with one attached hydrogen (secondary N) is 1. The number of aromatic nitrogens is 3. The molecule has 0 aliphatic rings. The lowest BCUT2D eigenvalue weighted by atomic mass is 10.1. The molecule has 1 aromatic heterocycles. The van der Waals surface area contributed by atoms with Gasteiger partial charge in [-0.1, -0.05) is 35.0 Å². The third kappa shape index (κ3) is 3.91. The highest BCUT2D eigenvalue weighted by molar-refractivity contribution is 6.30. The molecule has 7 heteroatoms. The van der Waals surface area contributed by atoms with E-state index in [0.29, 0.717) is 34.9 Å². The smallest absolute Gasteiger partial charge is 0.273 e. The lowest BCUT2D eigenvalue weighted by molar-refractivity contribution is 0.0948. The third-order valence-corrected chi connectivity index (χ3v) is 4.37. The molecule has 0 spiro atoms. The molecule has 0 fully saturated rings. The van der Waals surface area contributed by atoms with Crippen LogP contribution < -0.4 is 5.32 Å². The van der Waals surface area contributed by atoms with Crippen molar-refractivity contribution in [2.75, 3.05) is 6.54 Å². The Morgan fingerprint density at radius 1 is 1.19 bits per heavy atom. The SMILES string of the molecule is Cc1ccc(-n2nnc(C(=O)NCCc3ccc(Cl)cc3)c2C)cc1F. The van der Waals surface area contributed by atoms with Gasteiger partial charge < -0.3 is 5.32 Å². The summed E-state index contributed by atoms with van der Waals surface area (Å²) in [6.45, 7) is 3.88. The van der Waals surface area contributed by atoms with Crippen LogP contribution in [0, 0.1) is 19.7 Å². The Morgan fingerprint density at radius 3 is 2.62 bits per heavy atom. The molecular weight excluding hydrogens is 355 g/mol. The normalized spacial score (nSPS) is 10.8. The van der Waals surface area contributed by atoms with Crippen LogP contribution >= 0.6 is 11.6 Å². The van der Waals surface area contributed by atoms with Crippen molar-refractivity contribution in [1.82, 2.24) is 20.3 Å². The zero-order chi connectivity index (χ0) is 18.7. The van der Waals surface area contributed by atoms with Gasteiger partial charge in [-0.3, -0.25) is 4.79 Å². The van der Waals surface area contributed by atoms with Gasteiger partial charge in [0.25, 0.3) is 5.91 Å². The Balaban J connectivity index is 1.67. The molecular formula is C19H18ClFN4O. The molecule has 0 atom stereocenters. The molecule has 0 saturated carbocycles. The van der Waals surface area contributed by atoms with E-state index < -0.39 is 0 Å². The van der Waals surface area contributed by atoms with E-state index in [2.05, 4.69) is 15.6 Å². The monoisotopic (exact) mass is 372 g/mol. The first-order valence-electron chi connectivity index (χ1n) is 8.17. The Hall–Kier alpha value is -2.73. The number of halogens is 2. The Morgan fingerprint density at radius 2 is 1.92 bits per heavy atom. The van der Waals surface area contributed by atoms with Crippen LogP contribution in [0.2, 0.25) is 5.02 Å². The summed E-state index contributed by atoms with van der Waals surface area (Å²) in [5.41, 5.74) is 2.93. The largest absolute Gasteiger partial charge is 0.350 e. The van der Waals surface area contributed by atoms with Crippen molar-refractivity contribution < 1.29 is 9.18 Å². The molecule has 134 valence electrons. The summed E-state index contributed by atoms with van der Waals surface area (Å²) in [6, 6.07) is 12.2. The lowest BCUT2D eigenvalue weighted by Crippen LogP contribution is -2.26. The number of carbonyl (C=O) groups is 1. The molecule has 0 aliphatic heterocycles. The molecule has 0 radical (unpaired) electrons. The summed E-state index contributed by atoms with van der Waals surface area (Å²) in [7, 11) is 0. The Kier molecular flexibility index (Phi) is 5.32. The van der Waals surface area contributed by atoms with Crippen molar-refractivity contribution >= 4 is 17.5 Å². The van der Waals surface area contributed by atoms with Crippen LogP contribution in [0.25, 0.3) is 5.69 Å². The second-order valence-corrected chi connectivity index (χ2v) is 6.44. The standard InChI is InChI=1S/C19H18ClFN4O/c1-12-3-8-16(11-17(12)21)25-13(2)18(23-24-25)19(26)22-10-9-14-4-6-15(20)7-5-14/h3-8,11H,9-10H2,1-2H3,(H,22,26). The summed E-state index contributed by atoms with van der Waals surface area (Å²) in [5.74, 6) is -0.637. The van der Waals surface area contributed by atoms with Gasteiger partial charge in [0.2, 0.25) is 0 Å². The van der Waals surface area contributed by atoms with E-state index in [1.807, 2.05) is 24.3 Å². The second-order valence-electron chi connectivity index (χ2n) is 6.00. The molecule has 1 amide bonds. The molecule has 1 N–H and O–H groups in total. The van der Waals surface area contributed by atoms with Crippen molar-refractivity contribution in [3.8, 4) is 5.69 Å². The van der Waals surface area contributed by atoms with E-state index in [9.17, 15) is 9.18 Å². The predicted octanol–water partition coefficient (Wildman–Crippen LogP) is 3.65. The molecule has 0 bridgehead atoms. The van der Waals surface area contributed by atoms with Gasteiger partial charge in [0.1, 0.15) is 5.82 Å². The number of hydrogen-bond donors (Lipinski definition) is 1. The number of nitrogens with zero attached hydrogens (tertiary/aromatic N) is 3.